The molecule has 4 rings (SSSR count). The lowest BCUT2D eigenvalue weighted by Gasteiger charge is -2.25. The van der Waals surface area contributed by atoms with Gasteiger partial charge in [0.2, 0.25) is 0 Å². The molecule has 3 nitrogen and oxygen atoms in total. The van der Waals surface area contributed by atoms with Crippen molar-refractivity contribution >= 4 is 11.7 Å². The van der Waals surface area contributed by atoms with Crippen LogP contribution >= 0.6 is 0 Å². The highest BCUT2D eigenvalue weighted by Crippen LogP contribution is 2.55. The van der Waals surface area contributed by atoms with Crippen LogP contribution < -0.4 is 10.2 Å². The molecule has 1 heterocycles. The molecule has 0 unspecified atom stereocenters. The summed E-state index contributed by atoms with van der Waals surface area (Å²) in [5.74, 6) is 0.288. The SMILES string of the molecule is O=C1NCCN1c1ccc(C2CC2)c(C2CC2)c1C(F)(F)F. The minimum atomic E-state index is -4.43. The van der Waals surface area contributed by atoms with Gasteiger partial charge >= 0.3 is 12.2 Å². The van der Waals surface area contributed by atoms with Gasteiger partial charge in [-0.15, -0.1) is 0 Å². The molecule has 2 amide bonds. The summed E-state index contributed by atoms with van der Waals surface area (Å²) in [5.41, 5.74) is 0.774. The largest absolute Gasteiger partial charge is 0.418 e. The normalized spacial score (nSPS) is 22.1. The maximum atomic E-state index is 13.8. The van der Waals surface area contributed by atoms with Crippen LogP contribution in [0, 0.1) is 0 Å². The van der Waals surface area contributed by atoms with Crippen LogP contribution in [0.15, 0.2) is 12.1 Å². The third kappa shape index (κ3) is 2.25. The number of rotatable bonds is 3. The van der Waals surface area contributed by atoms with Crippen molar-refractivity contribution in [2.45, 2.75) is 43.7 Å². The summed E-state index contributed by atoms with van der Waals surface area (Å²) in [4.78, 5) is 13.1. The molecule has 0 atom stereocenters. The lowest BCUT2D eigenvalue weighted by molar-refractivity contribution is -0.137. The van der Waals surface area contributed by atoms with Gasteiger partial charge in [-0.2, -0.15) is 13.2 Å². The highest BCUT2D eigenvalue weighted by atomic mass is 19.4. The number of hydrogen-bond acceptors (Lipinski definition) is 1. The van der Waals surface area contributed by atoms with Crippen molar-refractivity contribution in [3.8, 4) is 0 Å². The fourth-order valence-corrected chi connectivity index (χ4v) is 3.41. The summed E-state index contributed by atoms with van der Waals surface area (Å²) in [6.07, 6.45) is -0.848. The zero-order valence-corrected chi connectivity index (χ0v) is 12.0. The zero-order valence-electron chi connectivity index (χ0n) is 12.0. The van der Waals surface area contributed by atoms with Crippen LogP contribution in [-0.2, 0) is 6.18 Å². The molecule has 3 fully saturated rings. The monoisotopic (exact) mass is 310 g/mol. The Bertz CT molecular complexity index is 633. The summed E-state index contributed by atoms with van der Waals surface area (Å²) >= 11 is 0. The first kappa shape index (κ1) is 13.9. The molecule has 0 spiro atoms. The van der Waals surface area contributed by atoms with E-state index >= 15 is 0 Å². The van der Waals surface area contributed by atoms with Gasteiger partial charge in [0, 0.05) is 13.1 Å². The standard InChI is InChI=1S/C16H17F3N2O/c17-16(18,19)14-12(21-8-7-20-15(21)22)6-5-11(9-1-2-9)13(14)10-3-4-10/h5-6,9-10H,1-4,7-8H2,(H,20,22). The van der Waals surface area contributed by atoms with Crippen LogP contribution in [0.3, 0.4) is 0 Å². The molecule has 2 saturated carbocycles. The number of hydrogen-bond donors (Lipinski definition) is 1. The first-order valence-corrected chi connectivity index (χ1v) is 7.76. The van der Waals surface area contributed by atoms with E-state index in [1.165, 1.54) is 11.0 Å². The number of nitrogens with zero attached hydrogens (tertiary/aromatic N) is 1. The van der Waals surface area contributed by atoms with Crippen molar-refractivity contribution < 1.29 is 18.0 Å². The van der Waals surface area contributed by atoms with Crippen molar-refractivity contribution in [3.63, 3.8) is 0 Å². The Labute approximate surface area is 126 Å². The molecule has 22 heavy (non-hydrogen) atoms. The van der Waals surface area contributed by atoms with Crippen LogP contribution in [0.1, 0.15) is 54.2 Å². The lowest BCUT2D eigenvalue weighted by Crippen LogP contribution is -2.30. The summed E-state index contributed by atoms with van der Waals surface area (Å²) in [7, 11) is 0. The molecule has 6 heteroatoms. The van der Waals surface area contributed by atoms with Gasteiger partial charge in [-0.1, -0.05) is 6.07 Å². The average Bonchev–Trinajstić information content (AvgIpc) is 3.34. The molecule has 1 aromatic rings. The highest BCUT2D eigenvalue weighted by Gasteiger charge is 2.45. The van der Waals surface area contributed by atoms with Crippen LogP contribution in [0.5, 0.6) is 0 Å². The Morgan fingerprint density at radius 1 is 1.09 bits per heavy atom. The maximum absolute atomic E-state index is 13.8. The number of carbonyl (C=O) groups excluding carboxylic acids is 1. The number of carbonyl (C=O) groups is 1. The van der Waals surface area contributed by atoms with Crippen LogP contribution in [0.2, 0.25) is 0 Å². The lowest BCUT2D eigenvalue weighted by atomic mass is 9.92. The molecule has 0 aromatic heterocycles. The minimum absolute atomic E-state index is 0.0119. The van der Waals surface area contributed by atoms with Gasteiger partial charge in [-0.25, -0.2) is 4.79 Å². The Morgan fingerprint density at radius 2 is 1.77 bits per heavy atom. The van der Waals surface area contributed by atoms with E-state index in [9.17, 15) is 18.0 Å². The molecule has 0 bridgehead atoms. The summed E-state index contributed by atoms with van der Waals surface area (Å²) in [5, 5.41) is 2.58. The highest BCUT2D eigenvalue weighted by molar-refractivity contribution is 5.95. The van der Waals surface area contributed by atoms with Gasteiger partial charge in [-0.05, 0) is 54.7 Å². The first-order chi connectivity index (χ1) is 10.5. The van der Waals surface area contributed by atoms with E-state index in [2.05, 4.69) is 5.32 Å². The Hall–Kier alpha value is -1.72. The number of anilines is 1. The first-order valence-electron chi connectivity index (χ1n) is 7.76. The topological polar surface area (TPSA) is 32.3 Å². The van der Waals surface area contributed by atoms with Crippen molar-refractivity contribution in [2.24, 2.45) is 0 Å². The van der Waals surface area contributed by atoms with Crippen LogP contribution in [0.4, 0.5) is 23.7 Å². The zero-order chi connectivity index (χ0) is 15.5. The van der Waals surface area contributed by atoms with Gasteiger partial charge in [0.1, 0.15) is 0 Å². The van der Waals surface area contributed by atoms with Crippen molar-refractivity contribution in [1.29, 1.82) is 0 Å². The van der Waals surface area contributed by atoms with Gasteiger partial charge in [0.05, 0.1) is 11.3 Å². The second-order valence-corrected chi connectivity index (χ2v) is 6.39. The summed E-state index contributed by atoms with van der Waals surface area (Å²) in [6.45, 7) is 0.675. The number of alkyl halides is 3. The van der Waals surface area contributed by atoms with E-state index in [1.807, 2.05) is 6.07 Å². The molecule has 3 aliphatic rings. The van der Waals surface area contributed by atoms with E-state index < -0.39 is 17.8 Å². The van der Waals surface area contributed by atoms with Gasteiger partial charge in [-0.3, -0.25) is 4.90 Å². The number of nitrogens with one attached hydrogen (secondary N) is 1. The van der Waals surface area contributed by atoms with Crippen molar-refractivity contribution in [3.05, 3.63) is 28.8 Å². The maximum Gasteiger partial charge on any atom is 0.418 e. The molecule has 1 aromatic carbocycles. The fourth-order valence-electron chi connectivity index (χ4n) is 3.41. The summed E-state index contributed by atoms with van der Waals surface area (Å²) in [6, 6.07) is 2.88. The molecule has 118 valence electrons. The van der Waals surface area contributed by atoms with E-state index in [1.54, 1.807) is 0 Å². The summed E-state index contributed by atoms with van der Waals surface area (Å²) < 4.78 is 41.3. The van der Waals surface area contributed by atoms with Gasteiger partial charge in [0.15, 0.2) is 0 Å². The van der Waals surface area contributed by atoms with E-state index in [0.717, 1.165) is 31.2 Å². The number of benzene rings is 1. The molecule has 0 radical (unpaired) electrons. The number of urea groups is 1. The third-order valence-electron chi connectivity index (χ3n) is 4.69. The predicted octanol–water partition coefficient (Wildman–Crippen LogP) is 3.99. The van der Waals surface area contributed by atoms with Crippen LogP contribution in [0.25, 0.3) is 0 Å². The average molecular weight is 310 g/mol. The smallest absolute Gasteiger partial charge is 0.336 e. The Kier molecular flexibility index (Phi) is 2.93. The van der Waals surface area contributed by atoms with Crippen molar-refractivity contribution in [2.75, 3.05) is 18.0 Å². The molecular formula is C16H17F3N2O. The van der Waals surface area contributed by atoms with E-state index in [-0.39, 0.29) is 24.1 Å². The third-order valence-corrected chi connectivity index (χ3v) is 4.69. The molecule has 1 N–H and O–H groups in total. The molecule has 1 saturated heterocycles. The quantitative estimate of drug-likeness (QED) is 0.899. The van der Waals surface area contributed by atoms with E-state index in [0.29, 0.717) is 12.1 Å². The van der Waals surface area contributed by atoms with Gasteiger partial charge in [0.25, 0.3) is 0 Å². The molecule has 2 aliphatic carbocycles. The number of halogens is 3. The minimum Gasteiger partial charge on any atom is -0.336 e. The van der Waals surface area contributed by atoms with E-state index in [4.69, 9.17) is 0 Å². The number of amides is 2. The second-order valence-electron chi connectivity index (χ2n) is 6.39. The van der Waals surface area contributed by atoms with Gasteiger partial charge < -0.3 is 5.32 Å². The molecule has 1 aliphatic heterocycles. The second kappa shape index (κ2) is 4.64. The Morgan fingerprint density at radius 3 is 2.27 bits per heavy atom. The predicted molar refractivity (Wildman–Crippen MR) is 76.1 cm³/mol. The van der Waals surface area contributed by atoms with Crippen molar-refractivity contribution in [1.82, 2.24) is 5.32 Å². The Balaban J connectivity index is 1.91. The molecular weight excluding hydrogens is 293 g/mol. The van der Waals surface area contributed by atoms with Crippen LogP contribution in [-0.4, -0.2) is 19.1 Å². The fraction of sp³-hybridized carbons (Fsp3) is 0.562.